The maximum absolute atomic E-state index is 12.7. The largest absolute Gasteiger partial charge is 0.303 e. The van der Waals surface area contributed by atoms with Gasteiger partial charge in [0.05, 0.1) is 5.02 Å². The number of hydrogen-bond acceptors (Lipinski definition) is 3. The molecule has 0 unspecified atom stereocenters. The van der Waals surface area contributed by atoms with Gasteiger partial charge in [-0.3, -0.25) is 0 Å². The number of likely N-dealkylation sites (tertiary alicyclic amines) is 1. The maximum Gasteiger partial charge on any atom is 0.244 e. The molecule has 1 heterocycles. The van der Waals surface area contributed by atoms with Crippen LogP contribution < -0.4 is 0 Å². The van der Waals surface area contributed by atoms with Crippen molar-refractivity contribution in [2.45, 2.75) is 30.7 Å². The zero-order valence-electron chi connectivity index (χ0n) is 12.2. The molecule has 2 rings (SSSR count). The third-order valence-electron chi connectivity index (χ3n) is 4.07. The van der Waals surface area contributed by atoms with Gasteiger partial charge in [0.15, 0.2) is 0 Å². The number of rotatable bonds is 4. The lowest BCUT2D eigenvalue weighted by molar-refractivity contribution is 0.176. The fourth-order valence-electron chi connectivity index (χ4n) is 2.63. The van der Waals surface area contributed by atoms with Gasteiger partial charge < -0.3 is 4.90 Å². The number of hydrogen-bond donors (Lipinski definition) is 0. The first-order valence-electron chi connectivity index (χ1n) is 7.01. The summed E-state index contributed by atoms with van der Waals surface area (Å²) in [5.41, 5.74) is 0. The fourth-order valence-corrected chi connectivity index (χ4v) is 5.06. The van der Waals surface area contributed by atoms with Crippen molar-refractivity contribution in [3.63, 3.8) is 0 Å². The van der Waals surface area contributed by atoms with Gasteiger partial charge in [0.1, 0.15) is 4.90 Å². The summed E-state index contributed by atoms with van der Waals surface area (Å²) in [7, 11) is -1.90. The Morgan fingerprint density at radius 1 is 1.38 bits per heavy atom. The molecule has 1 saturated heterocycles. The van der Waals surface area contributed by atoms with Gasteiger partial charge in [-0.1, -0.05) is 34.5 Å². The van der Waals surface area contributed by atoms with E-state index in [-0.39, 0.29) is 16.0 Å². The van der Waals surface area contributed by atoms with Crippen LogP contribution in [0.5, 0.6) is 0 Å². The minimum Gasteiger partial charge on any atom is -0.303 e. The molecule has 0 aromatic heterocycles. The summed E-state index contributed by atoms with van der Waals surface area (Å²) in [6.07, 6.45) is 1.72. The summed E-state index contributed by atoms with van der Waals surface area (Å²) in [6, 6.07) is 4.91. The molecule has 0 aliphatic carbocycles. The number of piperidine rings is 1. The third kappa shape index (κ3) is 3.79. The fraction of sp³-hybridized carbons (Fsp3) is 0.571. The van der Waals surface area contributed by atoms with Gasteiger partial charge in [-0.15, -0.1) is 0 Å². The van der Waals surface area contributed by atoms with Crippen molar-refractivity contribution in [2.24, 2.45) is 0 Å². The van der Waals surface area contributed by atoms with Crippen molar-refractivity contribution in [1.29, 1.82) is 0 Å². The van der Waals surface area contributed by atoms with Crippen LogP contribution in [0, 0.1) is 0 Å². The lowest BCUT2D eigenvalue weighted by atomic mass is 10.1. The van der Waals surface area contributed by atoms with E-state index in [0.29, 0.717) is 0 Å². The zero-order chi connectivity index (χ0) is 15.6. The van der Waals surface area contributed by atoms with E-state index in [2.05, 4.69) is 27.8 Å². The van der Waals surface area contributed by atoms with E-state index in [1.807, 2.05) is 0 Å². The molecule has 7 heteroatoms. The lowest BCUT2D eigenvalue weighted by Gasteiger charge is -2.35. The monoisotopic (exact) mass is 394 g/mol. The molecule has 1 fully saturated rings. The Kier molecular flexibility index (Phi) is 5.71. The Labute approximate surface area is 140 Å². The molecule has 0 bridgehead atoms. The highest BCUT2D eigenvalue weighted by atomic mass is 79.9. The minimum atomic E-state index is -3.55. The van der Waals surface area contributed by atoms with Gasteiger partial charge in [0.25, 0.3) is 0 Å². The molecule has 0 spiro atoms. The predicted molar refractivity (Wildman–Crippen MR) is 89.2 cm³/mol. The van der Waals surface area contributed by atoms with Crippen molar-refractivity contribution < 1.29 is 8.42 Å². The molecular weight excluding hydrogens is 376 g/mol. The van der Waals surface area contributed by atoms with Gasteiger partial charge in [0.2, 0.25) is 10.0 Å². The summed E-state index contributed by atoms with van der Waals surface area (Å²) < 4.78 is 27.7. The Balaban J connectivity index is 2.19. The summed E-state index contributed by atoms with van der Waals surface area (Å²) >= 11 is 9.39. The van der Waals surface area contributed by atoms with Crippen LogP contribution >= 0.6 is 27.5 Å². The molecule has 0 amide bonds. The molecule has 4 nitrogen and oxygen atoms in total. The molecule has 0 N–H and O–H groups in total. The molecule has 1 aromatic rings. The zero-order valence-corrected chi connectivity index (χ0v) is 15.4. The highest BCUT2D eigenvalue weighted by Crippen LogP contribution is 2.29. The molecule has 21 heavy (non-hydrogen) atoms. The second-order valence-electron chi connectivity index (χ2n) is 5.26. The molecule has 118 valence electrons. The Morgan fingerprint density at radius 3 is 2.52 bits per heavy atom. The quantitative estimate of drug-likeness (QED) is 0.786. The van der Waals surface area contributed by atoms with Crippen LogP contribution in [0.25, 0.3) is 0 Å². The first-order valence-corrected chi connectivity index (χ1v) is 9.62. The minimum absolute atomic E-state index is 0.0394. The van der Waals surface area contributed by atoms with E-state index in [1.165, 1.54) is 4.31 Å². The van der Waals surface area contributed by atoms with E-state index in [4.69, 9.17) is 11.6 Å². The van der Waals surface area contributed by atoms with Crippen molar-refractivity contribution >= 4 is 37.6 Å². The number of benzene rings is 1. The molecule has 1 aliphatic rings. The van der Waals surface area contributed by atoms with E-state index < -0.39 is 10.0 Å². The molecule has 0 saturated carbocycles. The van der Waals surface area contributed by atoms with Gasteiger partial charge >= 0.3 is 0 Å². The molecule has 0 radical (unpaired) electrons. The van der Waals surface area contributed by atoms with Crippen molar-refractivity contribution in [1.82, 2.24) is 9.21 Å². The van der Waals surface area contributed by atoms with Gasteiger partial charge in [-0.25, -0.2) is 8.42 Å². The first kappa shape index (κ1) is 17.2. The lowest BCUT2D eigenvalue weighted by Crippen LogP contribution is -2.45. The number of nitrogens with zero attached hydrogens (tertiary/aromatic N) is 2. The second-order valence-corrected chi connectivity index (χ2v) is 8.55. The Hall–Kier alpha value is -0.140. The number of halogens is 2. The second kappa shape index (κ2) is 6.96. The van der Waals surface area contributed by atoms with Crippen molar-refractivity contribution in [3.05, 3.63) is 27.7 Å². The summed E-state index contributed by atoms with van der Waals surface area (Å²) in [5, 5.41) is 0.252. The first-order chi connectivity index (χ1) is 9.86. The van der Waals surface area contributed by atoms with Crippen LogP contribution in [0.15, 0.2) is 27.6 Å². The standard InChI is InChI=1S/C14H20BrClN2O2S/c1-3-18-8-6-12(7-9-18)17(2)21(19,20)14-5-4-11(15)10-13(14)16/h4-5,10,12H,3,6-9H2,1-2H3. The van der Waals surface area contributed by atoms with Crippen LogP contribution in [0.4, 0.5) is 0 Å². The summed E-state index contributed by atoms with van der Waals surface area (Å²) in [6.45, 7) is 5.02. The van der Waals surface area contributed by atoms with Crippen LogP contribution in [-0.2, 0) is 10.0 Å². The van der Waals surface area contributed by atoms with Crippen LogP contribution in [0.2, 0.25) is 5.02 Å². The normalized spacial score (nSPS) is 18.3. The summed E-state index contributed by atoms with van der Waals surface area (Å²) in [5.74, 6) is 0. The molecule has 0 atom stereocenters. The third-order valence-corrected chi connectivity index (χ3v) is 6.96. The maximum atomic E-state index is 12.7. The van der Waals surface area contributed by atoms with E-state index >= 15 is 0 Å². The van der Waals surface area contributed by atoms with E-state index in [0.717, 1.165) is 36.9 Å². The average Bonchev–Trinajstić information content (AvgIpc) is 2.46. The van der Waals surface area contributed by atoms with Gasteiger partial charge in [-0.2, -0.15) is 4.31 Å². The van der Waals surface area contributed by atoms with E-state index in [1.54, 1.807) is 25.2 Å². The van der Waals surface area contributed by atoms with Gasteiger partial charge in [0, 0.05) is 17.6 Å². The average molecular weight is 396 g/mol. The molecular formula is C14H20BrClN2O2S. The SMILES string of the molecule is CCN1CCC(N(C)S(=O)(=O)c2ccc(Br)cc2Cl)CC1. The predicted octanol–water partition coefficient (Wildman–Crippen LogP) is 3.21. The highest BCUT2D eigenvalue weighted by Gasteiger charge is 2.31. The van der Waals surface area contributed by atoms with Gasteiger partial charge in [-0.05, 0) is 50.7 Å². The summed E-state index contributed by atoms with van der Waals surface area (Å²) in [4.78, 5) is 2.51. The van der Waals surface area contributed by atoms with Crippen molar-refractivity contribution in [3.8, 4) is 0 Å². The van der Waals surface area contributed by atoms with Crippen LogP contribution in [0.3, 0.4) is 0 Å². The Bertz CT molecular complexity index is 601. The van der Waals surface area contributed by atoms with Crippen molar-refractivity contribution in [2.75, 3.05) is 26.7 Å². The van der Waals surface area contributed by atoms with Crippen LogP contribution in [-0.4, -0.2) is 50.3 Å². The Morgan fingerprint density at radius 2 is 2.00 bits per heavy atom. The molecule has 1 aliphatic heterocycles. The smallest absolute Gasteiger partial charge is 0.244 e. The number of sulfonamides is 1. The van der Waals surface area contributed by atoms with Crippen LogP contribution in [0.1, 0.15) is 19.8 Å². The molecule has 1 aromatic carbocycles. The highest BCUT2D eigenvalue weighted by molar-refractivity contribution is 9.10. The topological polar surface area (TPSA) is 40.6 Å². The van der Waals surface area contributed by atoms with E-state index in [9.17, 15) is 8.42 Å².